The number of benzene rings is 1. The van der Waals surface area contributed by atoms with Crippen molar-refractivity contribution in [3.63, 3.8) is 0 Å². The molecule has 0 radical (unpaired) electrons. The second-order valence-electron chi connectivity index (χ2n) is 9.41. The van der Waals surface area contributed by atoms with Crippen LogP contribution in [0.25, 0.3) is 0 Å². The van der Waals surface area contributed by atoms with Gasteiger partial charge in [-0.25, -0.2) is 18.0 Å². The third-order valence-electron chi connectivity index (χ3n) is 6.40. The van der Waals surface area contributed by atoms with Crippen molar-refractivity contribution < 1.29 is 59.3 Å². The third-order valence-corrected chi connectivity index (χ3v) is 8.36. The molecule has 0 aliphatic carbocycles. The van der Waals surface area contributed by atoms with Gasteiger partial charge in [0, 0.05) is 37.4 Å². The number of hydrogen-bond donors (Lipinski definition) is 2. The van der Waals surface area contributed by atoms with Crippen molar-refractivity contribution in [2.24, 2.45) is 5.41 Å². The number of nitrogens with zero attached hydrogens (tertiary/aromatic N) is 3. The normalized spacial score (nSPS) is 18.5. The Morgan fingerprint density at radius 2 is 1.52 bits per heavy atom. The van der Waals surface area contributed by atoms with Crippen LogP contribution in [-0.2, 0) is 26.2 Å². The number of pyridine rings is 1. The molecule has 0 unspecified atom stereocenters. The monoisotopic (exact) mass is 629 g/mol. The van der Waals surface area contributed by atoms with Gasteiger partial charge in [0.15, 0.2) is 0 Å². The van der Waals surface area contributed by atoms with E-state index in [4.69, 9.17) is 24.5 Å². The largest absolute Gasteiger partial charge is 0.492 e. The van der Waals surface area contributed by atoms with Crippen LogP contribution in [0.4, 0.5) is 26.3 Å². The van der Waals surface area contributed by atoms with E-state index in [-0.39, 0.29) is 10.3 Å². The van der Waals surface area contributed by atoms with Crippen LogP contribution in [0, 0.1) is 5.41 Å². The smallest absolute Gasteiger partial charge is 0.490 e. The van der Waals surface area contributed by atoms with E-state index >= 15 is 0 Å². The maximum absolute atomic E-state index is 13.2. The van der Waals surface area contributed by atoms with Crippen molar-refractivity contribution in [3.05, 3.63) is 54.4 Å². The molecular formula is C25H29F6N3O7S. The lowest BCUT2D eigenvalue weighted by Crippen LogP contribution is -2.51. The quantitative estimate of drug-likeness (QED) is 0.482. The van der Waals surface area contributed by atoms with E-state index in [9.17, 15) is 34.8 Å². The molecule has 1 fully saturated rings. The molecule has 0 atom stereocenters. The van der Waals surface area contributed by atoms with Crippen molar-refractivity contribution in [2.45, 2.75) is 43.6 Å². The minimum absolute atomic E-state index is 0.151. The molecule has 42 heavy (non-hydrogen) atoms. The lowest BCUT2D eigenvalue weighted by molar-refractivity contribution is -0.193. The van der Waals surface area contributed by atoms with E-state index in [1.165, 1.54) is 5.56 Å². The van der Waals surface area contributed by atoms with Crippen molar-refractivity contribution in [2.75, 3.05) is 32.8 Å². The Morgan fingerprint density at radius 1 is 0.976 bits per heavy atom. The summed E-state index contributed by atoms with van der Waals surface area (Å²) in [4.78, 5) is 24.7. The van der Waals surface area contributed by atoms with Crippen molar-refractivity contribution >= 4 is 22.0 Å². The van der Waals surface area contributed by atoms with Crippen molar-refractivity contribution in [3.8, 4) is 5.75 Å². The van der Waals surface area contributed by atoms with E-state index in [0.29, 0.717) is 25.4 Å². The Hall–Kier alpha value is -3.44. The number of aliphatic carboxylic acids is 2. The molecule has 2 N–H and O–H groups in total. The molecule has 1 spiro atoms. The van der Waals surface area contributed by atoms with E-state index < -0.39 is 34.3 Å². The highest BCUT2D eigenvalue weighted by Crippen LogP contribution is 2.39. The fourth-order valence-corrected chi connectivity index (χ4v) is 5.87. The van der Waals surface area contributed by atoms with Gasteiger partial charge in [0.25, 0.3) is 0 Å². The summed E-state index contributed by atoms with van der Waals surface area (Å²) < 4.78 is 97.5. The van der Waals surface area contributed by atoms with Gasteiger partial charge in [0.05, 0.1) is 6.61 Å². The van der Waals surface area contributed by atoms with Crippen LogP contribution in [0.2, 0.25) is 0 Å². The van der Waals surface area contributed by atoms with Gasteiger partial charge in [-0.2, -0.15) is 30.6 Å². The van der Waals surface area contributed by atoms with Gasteiger partial charge in [0.1, 0.15) is 10.6 Å². The zero-order valence-corrected chi connectivity index (χ0v) is 23.0. The van der Waals surface area contributed by atoms with Gasteiger partial charge in [-0.05, 0) is 49.7 Å². The van der Waals surface area contributed by atoms with Gasteiger partial charge >= 0.3 is 24.3 Å². The molecule has 0 amide bonds. The summed E-state index contributed by atoms with van der Waals surface area (Å²) in [7, 11) is -3.54. The van der Waals surface area contributed by atoms with Gasteiger partial charge in [-0.15, -0.1) is 0 Å². The van der Waals surface area contributed by atoms with Crippen LogP contribution in [0.15, 0.2) is 53.7 Å². The van der Waals surface area contributed by atoms with E-state index in [1.54, 1.807) is 28.7 Å². The SMILES string of the molecule is CCN1CC2(CCN(Cc3cccnc3)CC2)COc2ccccc2S1(=O)=O.O=C(O)C(F)(F)F.O=C(O)C(F)(F)F. The summed E-state index contributed by atoms with van der Waals surface area (Å²) in [6, 6.07) is 11.0. The van der Waals surface area contributed by atoms with Gasteiger partial charge in [-0.1, -0.05) is 25.1 Å². The number of alkyl halides is 6. The first-order valence-electron chi connectivity index (χ1n) is 12.3. The van der Waals surface area contributed by atoms with Crippen LogP contribution in [0.5, 0.6) is 5.75 Å². The number of ether oxygens (including phenoxy) is 1. The molecule has 2 aliphatic heterocycles. The van der Waals surface area contributed by atoms with Crippen molar-refractivity contribution in [1.82, 2.24) is 14.2 Å². The lowest BCUT2D eigenvalue weighted by Gasteiger charge is -2.44. The summed E-state index contributed by atoms with van der Waals surface area (Å²) in [6.07, 6.45) is -4.63. The molecule has 0 saturated carbocycles. The van der Waals surface area contributed by atoms with E-state index in [2.05, 4.69) is 16.0 Å². The predicted octanol–water partition coefficient (Wildman–Crippen LogP) is 4.03. The van der Waals surface area contributed by atoms with Crippen LogP contribution in [0.1, 0.15) is 25.3 Å². The number of piperidine rings is 1. The van der Waals surface area contributed by atoms with Crippen LogP contribution < -0.4 is 4.74 Å². The molecule has 1 aromatic carbocycles. The highest BCUT2D eigenvalue weighted by Gasteiger charge is 2.42. The molecule has 4 rings (SSSR count). The first-order chi connectivity index (χ1) is 19.4. The fourth-order valence-electron chi connectivity index (χ4n) is 4.18. The number of sulfonamides is 1. The number of carboxylic acid groups (broad SMARTS) is 2. The van der Waals surface area contributed by atoms with Gasteiger partial charge in [0.2, 0.25) is 10.0 Å². The summed E-state index contributed by atoms with van der Waals surface area (Å²) in [5.74, 6) is -5.04. The number of carboxylic acids is 2. The number of rotatable bonds is 3. The number of hydrogen-bond acceptors (Lipinski definition) is 7. The van der Waals surface area contributed by atoms with Gasteiger partial charge in [-0.3, -0.25) is 9.88 Å². The van der Waals surface area contributed by atoms with E-state index in [0.717, 1.165) is 32.5 Å². The average molecular weight is 630 g/mol. The fraction of sp³-hybridized carbons (Fsp3) is 0.480. The molecule has 1 aromatic heterocycles. The Morgan fingerprint density at radius 3 is 2.00 bits per heavy atom. The summed E-state index contributed by atoms with van der Waals surface area (Å²) in [6.45, 7) is 6.18. The standard InChI is InChI=1S/C21H27N3O3S.2C2HF3O2/c1-2-24-16-21(17-27-19-7-3-4-8-20(19)28(24,25)26)9-12-23(13-10-21)15-18-6-5-11-22-14-18;2*3-2(4,5)1(6)7/h3-8,11,14H,2,9-10,12-13,15-17H2,1H3;2*(H,6,7). The maximum atomic E-state index is 13.2. The molecule has 10 nitrogen and oxygen atoms in total. The van der Waals surface area contributed by atoms with E-state index in [1.807, 2.05) is 25.3 Å². The second-order valence-corrected chi connectivity index (χ2v) is 11.3. The van der Waals surface area contributed by atoms with Crippen LogP contribution in [-0.4, -0.2) is 89.9 Å². The molecule has 3 heterocycles. The summed E-state index contributed by atoms with van der Waals surface area (Å²) in [5, 5.41) is 14.2. The topological polar surface area (TPSA) is 137 Å². The Bertz CT molecular complexity index is 1280. The Kier molecular flexibility index (Phi) is 11.7. The second kappa shape index (κ2) is 14.2. The number of aromatic nitrogens is 1. The molecule has 17 heteroatoms. The van der Waals surface area contributed by atoms with Gasteiger partial charge < -0.3 is 14.9 Å². The number of likely N-dealkylation sites (tertiary alicyclic amines) is 1. The zero-order chi connectivity index (χ0) is 31.8. The number of fused-ring (bicyclic) bond motifs is 1. The average Bonchev–Trinajstić information content (AvgIpc) is 2.91. The van der Waals surface area contributed by atoms with Crippen LogP contribution >= 0.6 is 0 Å². The predicted molar refractivity (Wildman–Crippen MR) is 135 cm³/mol. The maximum Gasteiger partial charge on any atom is 0.490 e. The lowest BCUT2D eigenvalue weighted by atomic mass is 9.78. The zero-order valence-electron chi connectivity index (χ0n) is 22.2. The first kappa shape index (κ1) is 34.8. The molecule has 0 bridgehead atoms. The van der Waals surface area contributed by atoms with Crippen LogP contribution in [0.3, 0.4) is 0 Å². The number of carbonyl (C=O) groups is 2. The molecule has 2 aromatic rings. The molecule has 2 aliphatic rings. The molecule has 1 saturated heterocycles. The Labute approximate surface area is 237 Å². The Balaban J connectivity index is 0.000000367. The highest BCUT2D eigenvalue weighted by molar-refractivity contribution is 7.89. The minimum Gasteiger partial charge on any atom is -0.492 e. The molecule has 234 valence electrons. The number of para-hydroxylation sites is 1. The first-order valence-corrected chi connectivity index (χ1v) is 13.8. The molecular weight excluding hydrogens is 600 g/mol. The summed E-state index contributed by atoms with van der Waals surface area (Å²) >= 11 is 0. The summed E-state index contributed by atoms with van der Waals surface area (Å²) in [5.41, 5.74) is 1.06. The minimum atomic E-state index is -5.08. The highest BCUT2D eigenvalue weighted by atomic mass is 32.2. The van der Waals surface area contributed by atoms with Crippen molar-refractivity contribution in [1.29, 1.82) is 0 Å². The third kappa shape index (κ3) is 9.84. The number of halogens is 6.